The average Bonchev–Trinajstić information content (AvgIpc) is 3.27. The summed E-state index contributed by atoms with van der Waals surface area (Å²) in [5.74, 6) is -2.32. The molecule has 0 fully saturated rings. The quantitative estimate of drug-likeness (QED) is 0.0358. The second-order valence-electron chi connectivity index (χ2n) is 17.5. The molecule has 0 heterocycles. The molecule has 4 atom stereocenters. The van der Waals surface area contributed by atoms with E-state index in [-0.39, 0.29) is 98.1 Å². The van der Waals surface area contributed by atoms with Crippen molar-refractivity contribution in [3.8, 4) is 0 Å². The minimum atomic E-state index is -0.973. The van der Waals surface area contributed by atoms with Crippen molar-refractivity contribution in [1.29, 1.82) is 0 Å². The molecule has 10 nitrogen and oxygen atoms in total. The second-order valence-corrected chi connectivity index (χ2v) is 17.5. The van der Waals surface area contributed by atoms with E-state index in [2.05, 4.69) is 38.1 Å². The van der Waals surface area contributed by atoms with Crippen LogP contribution in [0.1, 0.15) is 219 Å². The van der Waals surface area contributed by atoms with Crippen LogP contribution in [0.5, 0.6) is 0 Å². The minimum absolute atomic E-state index is 0. The number of carboxylic acid groups (broad SMARTS) is 2. The van der Waals surface area contributed by atoms with Gasteiger partial charge in [-0.15, -0.1) is 0 Å². The number of rotatable bonds is 40. The van der Waals surface area contributed by atoms with Crippen molar-refractivity contribution in [1.82, 2.24) is 0 Å². The van der Waals surface area contributed by atoms with Crippen molar-refractivity contribution >= 4 is 72.8 Å². The van der Waals surface area contributed by atoms with E-state index in [0.717, 1.165) is 127 Å². The molecule has 2 aromatic carbocycles. The first-order chi connectivity index (χ1) is 31.0. The molecule has 0 aliphatic carbocycles. The van der Waals surface area contributed by atoms with Gasteiger partial charge in [-0.2, -0.15) is 0 Å². The Morgan fingerprint density at radius 3 is 0.969 bits per heavy atom. The summed E-state index contributed by atoms with van der Waals surface area (Å²) in [6.07, 6.45) is 26.7. The van der Waals surface area contributed by atoms with E-state index in [1.807, 2.05) is 36.4 Å². The van der Waals surface area contributed by atoms with Crippen molar-refractivity contribution < 1.29 is 48.3 Å². The first-order valence-electron chi connectivity index (χ1n) is 25.1. The molecule has 4 unspecified atom stereocenters. The molecule has 364 valence electrons. The van der Waals surface area contributed by atoms with Crippen molar-refractivity contribution in [3.63, 3.8) is 0 Å². The summed E-state index contributed by atoms with van der Waals surface area (Å²) in [5.41, 5.74) is 2.33. The zero-order valence-electron chi connectivity index (χ0n) is 41.1. The Kier molecular flexibility index (Phi) is 42.8. The number of hydrogen-bond acceptors (Lipinski definition) is 10. The van der Waals surface area contributed by atoms with E-state index in [4.69, 9.17) is 18.9 Å². The van der Waals surface area contributed by atoms with E-state index in [9.17, 15) is 29.4 Å². The first kappa shape index (κ1) is 62.8. The van der Waals surface area contributed by atoms with Gasteiger partial charge in [-0.1, -0.05) is 152 Å². The Morgan fingerprint density at radius 1 is 0.415 bits per heavy atom. The Morgan fingerprint density at radius 2 is 0.692 bits per heavy atom. The van der Waals surface area contributed by atoms with Gasteiger partial charge in [0, 0.05) is 25.8 Å². The van der Waals surface area contributed by atoms with Crippen molar-refractivity contribution in [2.45, 2.75) is 245 Å². The standard InChI is InChI=1S/2C27H44O5.Ba/c2*1-3-4-5-10-19-26(32-23(2)28)20-14-13-18-25(17-11-7-12-21-27(29)30)31-22-24-15-8-6-9-16-24;/h2*6,8-9,15-16,25-26H,3-5,7,10-14,17-22H2,1-2H3,(H,29,30);/q;;+2/p-2. The second kappa shape index (κ2) is 44.3. The van der Waals surface area contributed by atoms with Crippen LogP contribution in [-0.2, 0) is 51.3 Å². The maximum Gasteiger partial charge on any atom is 2.00 e. The Bertz CT molecular complexity index is 1320. The molecule has 0 amide bonds. The molecule has 0 spiro atoms. The van der Waals surface area contributed by atoms with Crippen LogP contribution in [0.25, 0.3) is 0 Å². The van der Waals surface area contributed by atoms with Gasteiger partial charge < -0.3 is 38.7 Å². The fraction of sp³-hybridized carbons (Fsp3) is 0.704. The van der Waals surface area contributed by atoms with Crippen LogP contribution in [-0.4, -0.2) is 97.2 Å². The third-order valence-electron chi connectivity index (χ3n) is 11.5. The van der Waals surface area contributed by atoms with Gasteiger partial charge in [0.05, 0.1) is 25.4 Å². The van der Waals surface area contributed by atoms with Gasteiger partial charge in [-0.3, -0.25) is 9.59 Å². The predicted octanol–water partition coefficient (Wildman–Crippen LogP) is 11.1. The van der Waals surface area contributed by atoms with Crippen molar-refractivity contribution in [2.24, 2.45) is 0 Å². The largest absolute Gasteiger partial charge is 2.00 e. The molecule has 0 aromatic heterocycles. The molecular weight excluding hydrogens is 946 g/mol. The molecule has 0 saturated heterocycles. The number of ether oxygens (including phenoxy) is 4. The number of carbonyl (C=O) groups is 4. The summed E-state index contributed by atoms with van der Waals surface area (Å²) in [6, 6.07) is 20.3. The molecule has 11 heteroatoms. The number of unbranched alkanes of at least 4 members (excludes halogenated alkanes) is 12. The smallest absolute Gasteiger partial charge is 0.550 e. The Balaban J connectivity index is 0.00000124. The number of esters is 2. The third-order valence-corrected chi connectivity index (χ3v) is 11.5. The van der Waals surface area contributed by atoms with Crippen molar-refractivity contribution in [2.75, 3.05) is 0 Å². The topological polar surface area (TPSA) is 151 Å². The Hall–Kier alpha value is -2.19. The fourth-order valence-corrected chi connectivity index (χ4v) is 7.91. The zero-order chi connectivity index (χ0) is 46.9. The van der Waals surface area contributed by atoms with Gasteiger partial charge in [0.1, 0.15) is 12.2 Å². The zero-order valence-corrected chi connectivity index (χ0v) is 45.5. The maximum atomic E-state index is 11.4. The summed E-state index contributed by atoms with van der Waals surface area (Å²) in [7, 11) is 0. The average molecular weight is 1030 g/mol. The molecule has 0 bridgehead atoms. The molecule has 0 saturated carbocycles. The summed E-state index contributed by atoms with van der Waals surface area (Å²) in [6.45, 7) is 8.57. The van der Waals surface area contributed by atoms with Crippen LogP contribution in [0.4, 0.5) is 0 Å². The van der Waals surface area contributed by atoms with Gasteiger partial charge in [0.2, 0.25) is 0 Å². The summed E-state index contributed by atoms with van der Waals surface area (Å²) >= 11 is 0. The number of aliphatic carboxylic acids is 2. The van der Waals surface area contributed by atoms with Gasteiger partial charge in [0.25, 0.3) is 0 Å². The molecule has 0 radical (unpaired) electrons. The summed E-state index contributed by atoms with van der Waals surface area (Å²) < 4.78 is 23.5. The number of benzene rings is 2. The monoisotopic (exact) mass is 1030 g/mol. The van der Waals surface area contributed by atoms with E-state index in [0.29, 0.717) is 26.1 Å². The number of carboxylic acids is 2. The van der Waals surface area contributed by atoms with Crippen LogP contribution in [0.15, 0.2) is 60.7 Å². The van der Waals surface area contributed by atoms with E-state index in [1.165, 1.54) is 52.4 Å². The van der Waals surface area contributed by atoms with Gasteiger partial charge in [-0.25, -0.2) is 0 Å². The SMILES string of the molecule is CCCCCCC(CCCCC(CCCCCC(=O)[O-])OCc1ccccc1)OC(C)=O.CCCCCCC(CCCCC(CCCCCC(=O)[O-])OCc1ccccc1)OC(C)=O.[Ba+2]. The van der Waals surface area contributed by atoms with Gasteiger partial charge >= 0.3 is 60.8 Å². The number of hydrogen-bond donors (Lipinski definition) is 0. The van der Waals surface area contributed by atoms with E-state index in [1.54, 1.807) is 0 Å². The Labute approximate surface area is 434 Å². The van der Waals surface area contributed by atoms with E-state index < -0.39 is 11.9 Å². The van der Waals surface area contributed by atoms with E-state index >= 15 is 0 Å². The van der Waals surface area contributed by atoms with Crippen LogP contribution in [0.3, 0.4) is 0 Å². The molecule has 2 aromatic rings. The van der Waals surface area contributed by atoms with Crippen LogP contribution in [0.2, 0.25) is 0 Å². The molecule has 2 rings (SSSR count). The molecule has 0 aliphatic heterocycles. The van der Waals surface area contributed by atoms with Gasteiger partial charge in [0.15, 0.2) is 0 Å². The molecular formula is C54H86BaO10. The maximum absolute atomic E-state index is 11.4. The molecule has 65 heavy (non-hydrogen) atoms. The summed E-state index contributed by atoms with van der Waals surface area (Å²) in [4.78, 5) is 44.0. The van der Waals surface area contributed by atoms with Crippen LogP contribution < -0.4 is 10.2 Å². The molecule has 0 N–H and O–H groups in total. The first-order valence-corrected chi connectivity index (χ1v) is 25.1. The minimum Gasteiger partial charge on any atom is -0.550 e. The van der Waals surface area contributed by atoms with Crippen molar-refractivity contribution in [3.05, 3.63) is 71.8 Å². The van der Waals surface area contributed by atoms with Crippen LogP contribution >= 0.6 is 0 Å². The van der Waals surface area contributed by atoms with Crippen LogP contribution in [0, 0.1) is 0 Å². The fourth-order valence-electron chi connectivity index (χ4n) is 7.91. The van der Waals surface area contributed by atoms with Gasteiger partial charge in [-0.05, 0) is 114 Å². The molecule has 0 aliphatic rings. The normalized spacial score (nSPS) is 12.7. The third kappa shape index (κ3) is 40.6. The predicted molar refractivity (Wildman–Crippen MR) is 258 cm³/mol. The number of carbonyl (C=O) groups excluding carboxylic acids is 4. The summed E-state index contributed by atoms with van der Waals surface area (Å²) in [5, 5.41) is 21.2.